The van der Waals surface area contributed by atoms with E-state index in [1.807, 2.05) is 0 Å². The lowest BCUT2D eigenvalue weighted by molar-refractivity contribution is -0.144. The number of rotatable bonds is 11. The van der Waals surface area contributed by atoms with Crippen molar-refractivity contribution in [3.63, 3.8) is 0 Å². The van der Waals surface area contributed by atoms with Crippen molar-refractivity contribution in [1.29, 1.82) is 0 Å². The normalized spacial score (nSPS) is 24.0. The first kappa shape index (κ1) is 41.5. The van der Waals surface area contributed by atoms with Crippen LogP contribution in [0.3, 0.4) is 0 Å². The first-order valence-corrected chi connectivity index (χ1v) is 19.1. The maximum atomic E-state index is 14.4. The number of sulfonamides is 1. The van der Waals surface area contributed by atoms with Crippen LogP contribution in [-0.4, -0.2) is 94.8 Å². The van der Waals surface area contributed by atoms with Gasteiger partial charge in [0.05, 0.1) is 29.4 Å². The lowest BCUT2D eigenvalue weighted by Crippen LogP contribution is -2.60. The summed E-state index contributed by atoms with van der Waals surface area (Å²) in [6, 6.07) is 1.30. The van der Waals surface area contributed by atoms with Gasteiger partial charge in [-0.2, -0.15) is 13.2 Å². The second kappa shape index (κ2) is 14.1. The van der Waals surface area contributed by atoms with Gasteiger partial charge in [0, 0.05) is 18.4 Å². The number of halogens is 3. The Balaban J connectivity index is 1.50. The Hall–Kier alpha value is -4.68. The number of nitrogens with one attached hydrogen (secondary N) is 3. The number of nitrogens with zero attached hydrogens (tertiary/aromatic N) is 3. The summed E-state index contributed by atoms with van der Waals surface area (Å²) in [7, 11) is -2.74. The second-order valence-corrected chi connectivity index (χ2v) is 18.7. The maximum absolute atomic E-state index is 14.4. The molecule has 55 heavy (non-hydrogen) atoms. The van der Waals surface area contributed by atoms with Crippen molar-refractivity contribution in [1.82, 2.24) is 30.2 Å². The largest absolute Gasteiger partial charge is 0.497 e. The lowest BCUT2D eigenvalue weighted by atomic mass is 9.85. The van der Waals surface area contributed by atoms with Crippen LogP contribution in [0.2, 0.25) is 0 Å². The SMILES string of the molecule is C=C[C@@H]1C[C@]1(NC(=O)[C@@H]1C[C@@H](Oc2nc3cc(OC)ccc3nc2C(F)(F)F)CN1C(=O)[C@@H](NC(=O)OC(C)(C)C)C(C)(C)C)C(=O)NS(=O)(=O)C1(C)CC1. The molecule has 0 spiro atoms. The van der Waals surface area contributed by atoms with E-state index in [4.69, 9.17) is 14.2 Å². The van der Waals surface area contributed by atoms with Crippen LogP contribution in [0, 0.1) is 11.3 Å². The highest BCUT2D eigenvalue weighted by Gasteiger charge is 2.63. The van der Waals surface area contributed by atoms with Crippen LogP contribution in [0.4, 0.5) is 18.0 Å². The number of alkyl carbamates (subject to hydrolysis) is 1. The summed E-state index contributed by atoms with van der Waals surface area (Å²) < 4.78 is 86.3. The van der Waals surface area contributed by atoms with Crippen LogP contribution < -0.4 is 24.8 Å². The Morgan fingerprint density at radius 3 is 2.24 bits per heavy atom. The zero-order valence-corrected chi connectivity index (χ0v) is 32.7. The Kier molecular flexibility index (Phi) is 10.6. The standard InChI is InChI=1S/C36H47F3N6O9S/c1-10-19-17-35(19,30(48)44-55(50,51)34(8)13-14-34)43-27(46)24-16-21(18-45(24)29(47)26(32(2,3)4)42-31(49)54-33(5,6)7)53-28-25(36(37,38)39)40-22-12-11-20(52-9)15-23(22)41-28/h10-12,15,19,21,24,26H,1,13-14,16-18H2,2-9H3,(H,42,49)(H,43,46)(H,44,48)/t19-,21-,24+,26-,35-/m1/s1. The fourth-order valence-corrected chi connectivity index (χ4v) is 7.61. The van der Waals surface area contributed by atoms with Gasteiger partial charge in [0.25, 0.3) is 5.91 Å². The average Bonchev–Trinajstić information content (AvgIpc) is 3.95. The van der Waals surface area contributed by atoms with E-state index in [1.54, 1.807) is 41.5 Å². The molecule has 15 nitrogen and oxygen atoms in total. The van der Waals surface area contributed by atoms with Crippen LogP contribution in [0.5, 0.6) is 11.6 Å². The number of hydrogen-bond donors (Lipinski definition) is 3. The summed E-state index contributed by atoms with van der Waals surface area (Å²) in [4.78, 5) is 64.1. The highest BCUT2D eigenvalue weighted by Crippen LogP contribution is 2.47. The molecule has 302 valence electrons. The molecular weight excluding hydrogens is 749 g/mol. The maximum Gasteiger partial charge on any atom is 0.438 e. The van der Waals surface area contributed by atoms with Crippen LogP contribution in [0.25, 0.3) is 11.0 Å². The molecule has 3 fully saturated rings. The van der Waals surface area contributed by atoms with Crippen LogP contribution >= 0.6 is 0 Å². The third kappa shape index (κ3) is 8.75. The Labute approximate surface area is 317 Å². The van der Waals surface area contributed by atoms with Gasteiger partial charge in [-0.05, 0) is 64.5 Å². The van der Waals surface area contributed by atoms with E-state index in [-0.39, 0.29) is 23.9 Å². The molecule has 2 heterocycles. The fourth-order valence-electron chi connectivity index (χ4n) is 6.30. The van der Waals surface area contributed by atoms with Gasteiger partial charge in [0.15, 0.2) is 0 Å². The van der Waals surface area contributed by atoms with Gasteiger partial charge in [0.1, 0.15) is 35.1 Å². The minimum absolute atomic E-state index is 0.00317. The Morgan fingerprint density at radius 1 is 1.05 bits per heavy atom. The molecule has 1 aromatic carbocycles. The predicted molar refractivity (Wildman–Crippen MR) is 192 cm³/mol. The molecule has 0 bridgehead atoms. The minimum atomic E-state index is -5.01. The van der Waals surface area contributed by atoms with Crippen molar-refractivity contribution in [2.75, 3.05) is 13.7 Å². The minimum Gasteiger partial charge on any atom is -0.497 e. The predicted octanol–water partition coefficient (Wildman–Crippen LogP) is 4.00. The van der Waals surface area contributed by atoms with Gasteiger partial charge in [0.2, 0.25) is 33.4 Å². The molecular formula is C36H47F3N6O9S. The second-order valence-electron chi connectivity index (χ2n) is 16.5. The summed E-state index contributed by atoms with van der Waals surface area (Å²) in [5, 5.41) is 5.19. The molecule has 3 N–H and O–H groups in total. The lowest BCUT2D eigenvalue weighted by Gasteiger charge is -2.36. The molecule has 2 aliphatic carbocycles. The number of aromatic nitrogens is 2. The van der Waals surface area contributed by atoms with Crippen LogP contribution in [-0.2, 0) is 35.3 Å². The Morgan fingerprint density at radius 2 is 1.71 bits per heavy atom. The van der Waals surface area contributed by atoms with Crippen LogP contribution in [0.15, 0.2) is 30.9 Å². The smallest absolute Gasteiger partial charge is 0.438 e. The number of carbonyl (C=O) groups is 4. The van der Waals surface area contributed by atoms with Gasteiger partial charge in [-0.25, -0.2) is 23.2 Å². The first-order valence-electron chi connectivity index (χ1n) is 17.6. The number of carbonyl (C=O) groups excluding carboxylic acids is 4. The third-order valence-electron chi connectivity index (χ3n) is 9.89. The number of alkyl halides is 3. The highest BCUT2D eigenvalue weighted by molar-refractivity contribution is 7.91. The van der Waals surface area contributed by atoms with Crippen LogP contribution in [0.1, 0.15) is 79.8 Å². The summed E-state index contributed by atoms with van der Waals surface area (Å²) in [6.45, 7) is 14.6. The number of benzene rings is 1. The summed E-state index contributed by atoms with van der Waals surface area (Å²) >= 11 is 0. The Bertz CT molecular complexity index is 2010. The number of hydrogen-bond acceptors (Lipinski definition) is 11. The average molecular weight is 797 g/mol. The summed E-state index contributed by atoms with van der Waals surface area (Å²) in [5.41, 5.74) is -5.18. The highest BCUT2D eigenvalue weighted by atomic mass is 32.2. The quantitative estimate of drug-likeness (QED) is 0.278. The topological polar surface area (TPSA) is 195 Å². The van der Waals surface area contributed by atoms with E-state index in [1.165, 1.54) is 38.3 Å². The first-order chi connectivity index (χ1) is 25.2. The van der Waals surface area contributed by atoms with Gasteiger partial charge >= 0.3 is 12.3 Å². The molecule has 3 aliphatic rings. The number of methoxy groups -OCH3 is 1. The van der Waals surface area contributed by atoms with Gasteiger partial charge in [-0.1, -0.05) is 26.8 Å². The molecule has 2 aromatic rings. The van der Waals surface area contributed by atoms with Crippen molar-refractivity contribution >= 4 is 44.9 Å². The zero-order valence-electron chi connectivity index (χ0n) is 31.9. The van der Waals surface area contributed by atoms with Crippen molar-refractivity contribution in [3.8, 4) is 11.6 Å². The summed E-state index contributed by atoms with van der Waals surface area (Å²) in [6.07, 6.45) is -5.54. The molecule has 0 unspecified atom stereocenters. The zero-order chi connectivity index (χ0) is 41.1. The molecule has 0 radical (unpaired) electrons. The van der Waals surface area contributed by atoms with E-state index < -0.39 is 104 Å². The number of fused-ring (bicyclic) bond motifs is 1. The monoisotopic (exact) mass is 796 g/mol. The molecule has 19 heteroatoms. The number of amides is 4. The number of likely N-dealkylation sites (tertiary alicyclic amines) is 1. The van der Waals surface area contributed by atoms with Crippen molar-refractivity contribution in [2.24, 2.45) is 11.3 Å². The van der Waals surface area contributed by atoms with E-state index in [0.717, 1.165) is 4.90 Å². The van der Waals surface area contributed by atoms with Gasteiger partial charge in [-0.3, -0.25) is 19.1 Å². The molecule has 4 amide bonds. The van der Waals surface area contributed by atoms with Crippen molar-refractivity contribution in [3.05, 3.63) is 36.5 Å². The molecule has 5 atom stereocenters. The van der Waals surface area contributed by atoms with E-state index >= 15 is 0 Å². The number of ether oxygens (including phenoxy) is 3. The van der Waals surface area contributed by atoms with E-state index in [0.29, 0.717) is 18.6 Å². The molecule has 5 rings (SSSR count). The molecule has 1 aromatic heterocycles. The fraction of sp³-hybridized carbons (Fsp3) is 0.611. The van der Waals surface area contributed by atoms with E-state index in [2.05, 4.69) is 31.9 Å². The van der Waals surface area contributed by atoms with Gasteiger partial charge < -0.3 is 29.7 Å². The third-order valence-corrected chi connectivity index (χ3v) is 12.0. The molecule has 2 saturated carbocycles. The molecule has 1 saturated heterocycles. The molecule has 1 aliphatic heterocycles. The van der Waals surface area contributed by atoms with Crippen molar-refractivity contribution < 1.29 is 55.0 Å². The summed E-state index contributed by atoms with van der Waals surface area (Å²) in [5.74, 6) is -3.99. The van der Waals surface area contributed by atoms with Crippen molar-refractivity contribution in [2.45, 2.75) is 114 Å². The van der Waals surface area contributed by atoms with E-state index in [9.17, 15) is 40.8 Å². The van der Waals surface area contributed by atoms with Gasteiger partial charge in [-0.15, -0.1) is 6.58 Å².